The standard InChI is InChI=1S/C20H25NO3/c22-14-19-12-21(11-17-7-3-1-4-8-17)13-20(24-19)16-23-15-18-9-5-2-6-10-18/h1-10,19-20,22H,11-16H2. The first kappa shape index (κ1) is 17.1. The molecule has 0 saturated carbocycles. The molecule has 24 heavy (non-hydrogen) atoms. The third kappa shape index (κ3) is 5.14. The Kier molecular flexibility index (Phi) is 6.38. The van der Waals surface area contributed by atoms with Gasteiger partial charge in [-0.05, 0) is 11.1 Å². The summed E-state index contributed by atoms with van der Waals surface area (Å²) >= 11 is 0. The molecular formula is C20H25NO3. The largest absolute Gasteiger partial charge is 0.394 e. The smallest absolute Gasteiger partial charge is 0.0940 e. The molecule has 1 aliphatic rings. The minimum Gasteiger partial charge on any atom is -0.394 e. The lowest BCUT2D eigenvalue weighted by Crippen LogP contribution is -2.50. The van der Waals surface area contributed by atoms with Crippen molar-refractivity contribution in [2.24, 2.45) is 0 Å². The van der Waals surface area contributed by atoms with Crippen LogP contribution in [0.5, 0.6) is 0 Å². The summed E-state index contributed by atoms with van der Waals surface area (Å²) in [6, 6.07) is 20.5. The third-order valence-corrected chi connectivity index (χ3v) is 4.18. The van der Waals surface area contributed by atoms with Gasteiger partial charge in [-0.25, -0.2) is 0 Å². The van der Waals surface area contributed by atoms with Gasteiger partial charge in [0.25, 0.3) is 0 Å². The van der Waals surface area contributed by atoms with Gasteiger partial charge in [0, 0.05) is 19.6 Å². The van der Waals surface area contributed by atoms with Crippen molar-refractivity contribution >= 4 is 0 Å². The van der Waals surface area contributed by atoms with Crippen LogP contribution in [0.15, 0.2) is 60.7 Å². The van der Waals surface area contributed by atoms with Gasteiger partial charge in [0.05, 0.1) is 32.0 Å². The molecule has 0 radical (unpaired) electrons. The fourth-order valence-corrected chi connectivity index (χ4v) is 3.05. The minimum absolute atomic E-state index is 0.0108. The third-order valence-electron chi connectivity index (χ3n) is 4.18. The van der Waals surface area contributed by atoms with Crippen molar-refractivity contribution in [3.63, 3.8) is 0 Å². The van der Waals surface area contributed by atoms with Crippen LogP contribution < -0.4 is 0 Å². The van der Waals surface area contributed by atoms with E-state index in [4.69, 9.17) is 9.47 Å². The highest BCUT2D eigenvalue weighted by atomic mass is 16.5. The molecule has 4 heteroatoms. The number of morpholine rings is 1. The highest BCUT2D eigenvalue weighted by molar-refractivity contribution is 5.15. The highest BCUT2D eigenvalue weighted by Gasteiger charge is 2.27. The maximum atomic E-state index is 9.50. The molecule has 0 aliphatic carbocycles. The molecule has 0 amide bonds. The summed E-state index contributed by atoms with van der Waals surface area (Å²) in [4.78, 5) is 2.33. The zero-order valence-corrected chi connectivity index (χ0v) is 13.9. The average Bonchev–Trinajstić information content (AvgIpc) is 2.63. The summed E-state index contributed by atoms with van der Waals surface area (Å²) in [5, 5.41) is 9.50. The molecule has 2 unspecified atom stereocenters. The van der Waals surface area contributed by atoms with Crippen LogP contribution in [-0.2, 0) is 22.6 Å². The minimum atomic E-state index is -0.146. The summed E-state index contributed by atoms with van der Waals surface area (Å²) in [6.45, 7) is 3.61. The van der Waals surface area contributed by atoms with Crippen molar-refractivity contribution in [3.8, 4) is 0 Å². The maximum Gasteiger partial charge on any atom is 0.0940 e. The van der Waals surface area contributed by atoms with Crippen molar-refractivity contribution in [1.29, 1.82) is 0 Å². The molecule has 128 valence electrons. The van der Waals surface area contributed by atoms with Crippen molar-refractivity contribution < 1.29 is 14.6 Å². The molecule has 1 fully saturated rings. The molecule has 2 atom stereocenters. The molecule has 0 spiro atoms. The van der Waals surface area contributed by atoms with E-state index in [0.717, 1.165) is 25.2 Å². The van der Waals surface area contributed by atoms with Crippen LogP contribution in [0.25, 0.3) is 0 Å². The van der Waals surface area contributed by atoms with E-state index < -0.39 is 0 Å². The highest BCUT2D eigenvalue weighted by Crippen LogP contribution is 2.15. The van der Waals surface area contributed by atoms with E-state index in [1.807, 2.05) is 24.3 Å². The number of benzene rings is 2. The van der Waals surface area contributed by atoms with Crippen LogP contribution in [0.1, 0.15) is 11.1 Å². The number of ether oxygens (including phenoxy) is 2. The molecule has 2 aromatic carbocycles. The van der Waals surface area contributed by atoms with E-state index in [0.29, 0.717) is 13.2 Å². The predicted molar refractivity (Wildman–Crippen MR) is 93.6 cm³/mol. The van der Waals surface area contributed by atoms with Crippen molar-refractivity contribution in [2.75, 3.05) is 26.3 Å². The predicted octanol–water partition coefficient (Wildman–Crippen LogP) is 2.47. The lowest BCUT2D eigenvalue weighted by Gasteiger charge is -2.37. The van der Waals surface area contributed by atoms with Crippen LogP contribution in [0, 0.1) is 0 Å². The molecule has 0 bridgehead atoms. The van der Waals surface area contributed by atoms with Crippen LogP contribution in [0.2, 0.25) is 0 Å². The summed E-state index contributed by atoms with van der Waals surface area (Å²) < 4.78 is 11.7. The second-order valence-electron chi connectivity index (χ2n) is 6.24. The van der Waals surface area contributed by atoms with Gasteiger partial charge in [-0.15, -0.1) is 0 Å². The first-order valence-corrected chi connectivity index (χ1v) is 8.48. The van der Waals surface area contributed by atoms with E-state index in [1.54, 1.807) is 0 Å². The van der Waals surface area contributed by atoms with E-state index in [-0.39, 0.29) is 18.8 Å². The number of aliphatic hydroxyl groups is 1. The van der Waals surface area contributed by atoms with Crippen LogP contribution in [0.3, 0.4) is 0 Å². The Morgan fingerprint density at radius 2 is 1.54 bits per heavy atom. The van der Waals surface area contributed by atoms with Crippen molar-refractivity contribution in [2.45, 2.75) is 25.4 Å². The Hall–Kier alpha value is -1.72. The molecule has 1 N–H and O–H groups in total. The van der Waals surface area contributed by atoms with Crippen LogP contribution in [-0.4, -0.2) is 48.5 Å². The van der Waals surface area contributed by atoms with Crippen molar-refractivity contribution in [1.82, 2.24) is 4.90 Å². The van der Waals surface area contributed by atoms with E-state index in [1.165, 1.54) is 5.56 Å². The Balaban J connectivity index is 1.51. The number of hydrogen-bond donors (Lipinski definition) is 1. The second-order valence-corrected chi connectivity index (χ2v) is 6.24. The van der Waals surface area contributed by atoms with Crippen LogP contribution in [0.4, 0.5) is 0 Å². The molecule has 1 heterocycles. The van der Waals surface area contributed by atoms with E-state index >= 15 is 0 Å². The quantitative estimate of drug-likeness (QED) is 0.848. The summed E-state index contributed by atoms with van der Waals surface area (Å²) in [5.74, 6) is 0. The number of rotatable bonds is 7. The van der Waals surface area contributed by atoms with Gasteiger partial charge < -0.3 is 14.6 Å². The Morgan fingerprint density at radius 1 is 0.917 bits per heavy atom. The Morgan fingerprint density at radius 3 is 2.21 bits per heavy atom. The van der Waals surface area contributed by atoms with Crippen molar-refractivity contribution in [3.05, 3.63) is 71.8 Å². The molecule has 0 aromatic heterocycles. The van der Waals surface area contributed by atoms with Gasteiger partial charge in [0.1, 0.15) is 0 Å². The normalized spacial score (nSPS) is 21.7. The van der Waals surface area contributed by atoms with E-state index in [9.17, 15) is 5.11 Å². The van der Waals surface area contributed by atoms with Gasteiger partial charge in [0.15, 0.2) is 0 Å². The van der Waals surface area contributed by atoms with Gasteiger partial charge in [-0.3, -0.25) is 4.90 Å². The maximum absolute atomic E-state index is 9.50. The Bertz CT molecular complexity index is 590. The molecule has 2 aromatic rings. The van der Waals surface area contributed by atoms with Gasteiger partial charge in [-0.1, -0.05) is 60.7 Å². The first-order chi connectivity index (χ1) is 11.8. The van der Waals surface area contributed by atoms with E-state index in [2.05, 4.69) is 41.3 Å². The van der Waals surface area contributed by atoms with Gasteiger partial charge in [-0.2, -0.15) is 0 Å². The summed E-state index contributed by atoms with van der Waals surface area (Å²) in [7, 11) is 0. The summed E-state index contributed by atoms with van der Waals surface area (Å²) in [5.41, 5.74) is 2.44. The number of hydrogen-bond acceptors (Lipinski definition) is 4. The number of nitrogens with zero attached hydrogens (tertiary/aromatic N) is 1. The summed E-state index contributed by atoms with van der Waals surface area (Å²) in [6.07, 6.45) is -0.156. The topological polar surface area (TPSA) is 41.9 Å². The zero-order valence-electron chi connectivity index (χ0n) is 13.9. The Labute approximate surface area is 143 Å². The molecule has 3 rings (SSSR count). The average molecular weight is 327 g/mol. The van der Waals surface area contributed by atoms with Crippen LogP contribution >= 0.6 is 0 Å². The number of aliphatic hydroxyl groups excluding tert-OH is 1. The first-order valence-electron chi connectivity index (χ1n) is 8.48. The van der Waals surface area contributed by atoms with Gasteiger partial charge in [0.2, 0.25) is 0 Å². The second kappa shape index (κ2) is 8.94. The molecule has 4 nitrogen and oxygen atoms in total. The molecule has 1 aliphatic heterocycles. The fourth-order valence-electron chi connectivity index (χ4n) is 3.05. The zero-order chi connectivity index (χ0) is 16.6. The lowest BCUT2D eigenvalue weighted by atomic mass is 10.1. The lowest BCUT2D eigenvalue weighted by molar-refractivity contribution is -0.130. The molecular weight excluding hydrogens is 302 g/mol. The fraction of sp³-hybridized carbons (Fsp3) is 0.400. The monoisotopic (exact) mass is 327 g/mol. The molecule has 1 saturated heterocycles. The van der Waals surface area contributed by atoms with Gasteiger partial charge >= 0.3 is 0 Å². The SMILES string of the molecule is OCC1CN(Cc2ccccc2)CC(COCc2ccccc2)O1.